The Labute approximate surface area is 281 Å². The number of fused-ring (bicyclic) bond motifs is 3. The van der Waals surface area contributed by atoms with Crippen molar-refractivity contribution in [2.24, 2.45) is 23.2 Å². The first-order chi connectivity index (χ1) is 23.0. The average Bonchev–Trinajstić information content (AvgIpc) is 3.99. The molecule has 0 aromatic heterocycles. The van der Waals surface area contributed by atoms with Crippen molar-refractivity contribution in [3.05, 3.63) is 47.3 Å². The molecule has 3 heterocycles. The first kappa shape index (κ1) is 33.2. The number of benzene rings is 1. The molecule has 7 rings (SSSR count). The van der Waals surface area contributed by atoms with E-state index >= 15 is 0 Å². The maximum atomic E-state index is 14.4. The Morgan fingerprint density at radius 1 is 1.02 bits per heavy atom. The van der Waals surface area contributed by atoms with Gasteiger partial charge in [-0.3, -0.25) is 24.0 Å². The molecule has 3 aliphatic carbocycles. The van der Waals surface area contributed by atoms with Gasteiger partial charge in [-0.2, -0.15) is 0 Å². The molecule has 4 fully saturated rings. The van der Waals surface area contributed by atoms with E-state index in [1.807, 2.05) is 12.2 Å². The lowest BCUT2D eigenvalue weighted by Crippen LogP contribution is -2.46. The smallest absolute Gasteiger partial charge is 0.410 e. The van der Waals surface area contributed by atoms with E-state index in [9.17, 15) is 32.0 Å². The van der Waals surface area contributed by atoms with E-state index in [4.69, 9.17) is 4.74 Å². The van der Waals surface area contributed by atoms with Crippen LogP contribution in [0.25, 0.3) is 0 Å². The normalized spacial score (nSPS) is 31.6. The molecule has 260 valence electrons. The van der Waals surface area contributed by atoms with Gasteiger partial charge in [-0.1, -0.05) is 50.0 Å². The average molecular weight is 684 g/mol. The van der Waals surface area contributed by atoms with Crippen molar-refractivity contribution in [2.45, 2.75) is 120 Å². The van der Waals surface area contributed by atoms with Crippen molar-refractivity contribution >= 4 is 33.7 Å². The number of nitrogens with one attached hydrogen (secondary N) is 1. The van der Waals surface area contributed by atoms with Gasteiger partial charge < -0.3 is 9.64 Å². The SMILES string of the molecule is O=C1C[C@]2(C(=O)NS(=O)(=O)C3CC3)C[C@H]2/C=C\CCCCC[C@H](CCC2CC2)C(=O)N2C[C@H](OC(=O)N3Cc4cccc(F)c4C3)C[C@@H]12. The van der Waals surface area contributed by atoms with Crippen molar-refractivity contribution in [3.8, 4) is 0 Å². The van der Waals surface area contributed by atoms with Gasteiger partial charge in [0.2, 0.25) is 21.8 Å². The summed E-state index contributed by atoms with van der Waals surface area (Å²) in [5.74, 6) is -1.33. The quantitative estimate of drug-likeness (QED) is 0.394. The number of nitrogens with zero attached hydrogens (tertiary/aromatic N) is 2. The number of amides is 3. The number of hydrogen-bond donors (Lipinski definition) is 1. The van der Waals surface area contributed by atoms with E-state index in [1.165, 1.54) is 23.8 Å². The van der Waals surface area contributed by atoms with Crippen LogP contribution >= 0.6 is 0 Å². The summed E-state index contributed by atoms with van der Waals surface area (Å²) in [4.78, 5) is 58.5. The first-order valence-electron chi connectivity index (χ1n) is 17.8. The van der Waals surface area contributed by atoms with Gasteiger partial charge >= 0.3 is 6.09 Å². The van der Waals surface area contributed by atoms with Crippen LogP contribution in [0.1, 0.15) is 101 Å². The zero-order chi connectivity index (χ0) is 33.6. The molecule has 1 N–H and O–H groups in total. The summed E-state index contributed by atoms with van der Waals surface area (Å²) in [7, 11) is -3.81. The second-order valence-electron chi connectivity index (χ2n) is 15.1. The Hall–Kier alpha value is -3.28. The number of carbonyl (C=O) groups excluding carboxylic acids is 4. The summed E-state index contributed by atoms with van der Waals surface area (Å²) in [6.07, 6.45) is 12.3. The summed E-state index contributed by atoms with van der Waals surface area (Å²) in [6.45, 7) is 0.357. The third-order valence-corrected chi connectivity index (χ3v) is 13.2. The van der Waals surface area contributed by atoms with Crippen molar-refractivity contribution in [2.75, 3.05) is 6.54 Å². The Bertz CT molecular complexity index is 1610. The van der Waals surface area contributed by atoms with Gasteiger partial charge in [-0.15, -0.1) is 0 Å². The molecule has 12 heteroatoms. The van der Waals surface area contributed by atoms with Crippen molar-refractivity contribution in [1.82, 2.24) is 14.5 Å². The number of carbonyl (C=O) groups is 4. The van der Waals surface area contributed by atoms with Crippen molar-refractivity contribution in [3.63, 3.8) is 0 Å². The highest BCUT2D eigenvalue weighted by molar-refractivity contribution is 7.90. The fourth-order valence-corrected chi connectivity index (χ4v) is 9.35. The van der Waals surface area contributed by atoms with Gasteiger partial charge in [-0.25, -0.2) is 17.6 Å². The topological polar surface area (TPSA) is 130 Å². The second-order valence-corrected chi connectivity index (χ2v) is 17.0. The van der Waals surface area contributed by atoms with E-state index in [2.05, 4.69) is 4.72 Å². The van der Waals surface area contributed by atoms with E-state index in [0.29, 0.717) is 30.7 Å². The minimum absolute atomic E-state index is 0.0641. The van der Waals surface area contributed by atoms with Gasteiger partial charge in [0.1, 0.15) is 11.9 Å². The molecule has 3 amide bonds. The maximum Gasteiger partial charge on any atom is 0.410 e. The van der Waals surface area contributed by atoms with Gasteiger partial charge in [0.15, 0.2) is 5.78 Å². The molecule has 1 aromatic rings. The van der Waals surface area contributed by atoms with E-state index < -0.39 is 44.8 Å². The summed E-state index contributed by atoms with van der Waals surface area (Å²) in [5.41, 5.74) is -0.0244. The van der Waals surface area contributed by atoms with Crippen LogP contribution in [0, 0.1) is 29.0 Å². The minimum Gasteiger partial charge on any atom is -0.444 e. The summed E-state index contributed by atoms with van der Waals surface area (Å²) < 4.78 is 48.1. The molecule has 10 nitrogen and oxygen atoms in total. The number of Topliss-reactive ketones (excluding diaryl/α,β-unsaturated/α-hetero) is 1. The highest BCUT2D eigenvalue weighted by Crippen LogP contribution is 2.57. The number of halogens is 1. The van der Waals surface area contributed by atoms with Crippen LogP contribution in [0.15, 0.2) is 30.4 Å². The highest BCUT2D eigenvalue weighted by Gasteiger charge is 2.61. The standard InChI is InChI=1S/C36H46FN3O7S/c37-30-10-6-8-25-20-39(22-29(25)30)35(44)47-27-17-31-32(41)19-36(34(43)38-48(45,46)28-15-16-28)18-26(36)9-5-3-1-2-4-7-24(14-13-23-11-12-23)33(42)40(31)21-27/h5-6,8-10,23-24,26-28,31H,1-4,7,11-22H2,(H,38,43)/b9-5-/t24-,26-,27-,31+,36-/m1/s1. The third kappa shape index (κ3) is 7.05. The monoisotopic (exact) mass is 683 g/mol. The van der Waals surface area contributed by atoms with E-state index in [1.54, 1.807) is 17.0 Å². The molecular weight excluding hydrogens is 637 g/mol. The van der Waals surface area contributed by atoms with Gasteiger partial charge in [0.25, 0.3) is 0 Å². The molecule has 0 bridgehead atoms. The molecule has 1 saturated heterocycles. The molecule has 5 atom stereocenters. The van der Waals surface area contributed by atoms with Crippen molar-refractivity contribution < 1.29 is 36.7 Å². The number of ketones is 1. The van der Waals surface area contributed by atoms with Gasteiger partial charge in [0, 0.05) is 30.9 Å². The van der Waals surface area contributed by atoms with Gasteiger partial charge in [-0.05, 0) is 74.8 Å². The number of hydrogen-bond acceptors (Lipinski definition) is 7. The lowest BCUT2D eigenvalue weighted by Gasteiger charge is -2.29. The van der Waals surface area contributed by atoms with Crippen LogP contribution in [0.2, 0.25) is 0 Å². The largest absolute Gasteiger partial charge is 0.444 e. The van der Waals surface area contributed by atoms with E-state index in [-0.39, 0.29) is 61.8 Å². The van der Waals surface area contributed by atoms with E-state index in [0.717, 1.165) is 50.5 Å². The van der Waals surface area contributed by atoms with Crippen LogP contribution in [0.4, 0.5) is 9.18 Å². The van der Waals surface area contributed by atoms with Gasteiger partial charge in [0.05, 0.1) is 29.8 Å². The maximum absolute atomic E-state index is 14.4. The zero-order valence-corrected chi connectivity index (χ0v) is 28.2. The summed E-state index contributed by atoms with van der Waals surface area (Å²) >= 11 is 0. The summed E-state index contributed by atoms with van der Waals surface area (Å²) in [6, 6.07) is 3.85. The molecule has 0 radical (unpaired) electrons. The Morgan fingerprint density at radius 2 is 1.83 bits per heavy atom. The molecule has 1 aromatic carbocycles. The third-order valence-electron chi connectivity index (χ3n) is 11.4. The van der Waals surface area contributed by atoms with Crippen LogP contribution in [-0.2, 0) is 42.2 Å². The fourth-order valence-electron chi connectivity index (χ4n) is 7.97. The number of ether oxygens (including phenoxy) is 1. The minimum atomic E-state index is -3.81. The molecule has 0 spiro atoms. The molecule has 48 heavy (non-hydrogen) atoms. The second kappa shape index (κ2) is 13.2. The van der Waals surface area contributed by atoms with Crippen LogP contribution in [0.3, 0.4) is 0 Å². The Kier molecular flexibility index (Phi) is 9.14. The molecule has 0 unspecified atom stereocenters. The fraction of sp³-hybridized carbons (Fsp3) is 0.667. The lowest BCUT2D eigenvalue weighted by atomic mass is 9.90. The predicted octanol–water partition coefficient (Wildman–Crippen LogP) is 5.15. The highest BCUT2D eigenvalue weighted by atomic mass is 32.2. The zero-order valence-electron chi connectivity index (χ0n) is 27.4. The number of sulfonamides is 1. The number of allylic oxidation sites excluding steroid dienone is 2. The summed E-state index contributed by atoms with van der Waals surface area (Å²) in [5, 5.41) is -0.575. The Balaban J connectivity index is 1.11. The number of rotatable bonds is 7. The molecule has 3 aliphatic heterocycles. The lowest BCUT2D eigenvalue weighted by molar-refractivity contribution is -0.142. The van der Waals surface area contributed by atoms with Crippen LogP contribution in [0.5, 0.6) is 0 Å². The molecular formula is C36H46FN3O7S. The molecule has 6 aliphatic rings. The van der Waals surface area contributed by atoms with Crippen molar-refractivity contribution in [1.29, 1.82) is 0 Å². The van der Waals surface area contributed by atoms with Crippen LogP contribution in [-0.4, -0.2) is 65.8 Å². The Morgan fingerprint density at radius 3 is 2.58 bits per heavy atom. The predicted molar refractivity (Wildman–Crippen MR) is 174 cm³/mol. The molecule has 3 saturated carbocycles. The first-order valence-corrected chi connectivity index (χ1v) is 19.4. The van der Waals surface area contributed by atoms with Crippen LogP contribution < -0.4 is 4.72 Å².